The molecule has 3 N–H and O–H groups in total. The minimum atomic E-state index is -0.571. The third kappa shape index (κ3) is 3.08. The second-order valence-corrected chi connectivity index (χ2v) is 7.40. The van der Waals surface area contributed by atoms with Gasteiger partial charge in [0.15, 0.2) is 0 Å². The largest absolute Gasteiger partial charge is 0.394 e. The van der Waals surface area contributed by atoms with Gasteiger partial charge in [-0.05, 0) is 43.7 Å². The summed E-state index contributed by atoms with van der Waals surface area (Å²) < 4.78 is 13.8. The lowest BCUT2D eigenvalue weighted by Gasteiger charge is -2.31. The fourth-order valence-electron chi connectivity index (χ4n) is 2.98. The third-order valence-electron chi connectivity index (χ3n) is 4.54. The van der Waals surface area contributed by atoms with Crippen molar-refractivity contribution in [1.29, 1.82) is 0 Å². The van der Waals surface area contributed by atoms with Crippen molar-refractivity contribution in [3.8, 4) is 0 Å². The maximum absolute atomic E-state index is 13.8. The summed E-state index contributed by atoms with van der Waals surface area (Å²) in [7, 11) is 0. The fraction of sp³-hybridized carbons (Fsp3) is 0.562. The number of hydrogen-bond donors (Lipinski definition) is 3. The second kappa shape index (κ2) is 6.08. The standard InChI is InChI=1S/C16H21FN2O2S/c1-16(9-20,10-5-6-10)19-15(21)18-13-7-8-22-14-11(13)3-2-4-12(14)17/h2-4,10,13,20H,5-9H2,1H3,(H2,18,19,21). The Balaban J connectivity index is 1.69. The molecule has 1 heterocycles. The van der Waals surface area contributed by atoms with Gasteiger partial charge in [0.2, 0.25) is 0 Å². The summed E-state index contributed by atoms with van der Waals surface area (Å²) in [6, 6.07) is 4.50. The number of fused-ring (bicyclic) bond motifs is 1. The average Bonchev–Trinajstić information content (AvgIpc) is 3.33. The lowest BCUT2D eigenvalue weighted by Crippen LogP contribution is -2.54. The first-order valence-electron chi connectivity index (χ1n) is 7.64. The van der Waals surface area contributed by atoms with E-state index in [1.807, 2.05) is 13.0 Å². The topological polar surface area (TPSA) is 61.4 Å². The predicted molar refractivity (Wildman–Crippen MR) is 84.4 cm³/mol. The molecule has 120 valence electrons. The first-order chi connectivity index (χ1) is 10.5. The highest BCUT2D eigenvalue weighted by molar-refractivity contribution is 7.99. The lowest BCUT2D eigenvalue weighted by molar-refractivity contribution is 0.154. The molecule has 0 spiro atoms. The Hall–Kier alpha value is -1.27. The summed E-state index contributed by atoms with van der Waals surface area (Å²) in [5, 5.41) is 15.4. The number of halogens is 1. The maximum atomic E-state index is 13.8. The number of rotatable bonds is 4. The molecule has 1 aromatic carbocycles. The summed E-state index contributed by atoms with van der Waals surface area (Å²) in [5.41, 5.74) is 0.265. The van der Waals surface area contributed by atoms with E-state index in [0.29, 0.717) is 10.8 Å². The molecular formula is C16H21FN2O2S. The molecule has 0 radical (unpaired) electrons. The summed E-state index contributed by atoms with van der Waals surface area (Å²) >= 11 is 1.49. The first kappa shape index (κ1) is 15.6. The van der Waals surface area contributed by atoms with Gasteiger partial charge >= 0.3 is 6.03 Å². The average molecular weight is 324 g/mol. The fourth-order valence-corrected chi connectivity index (χ4v) is 4.12. The number of thioether (sulfide) groups is 1. The predicted octanol–water partition coefficient (Wildman–Crippen LogP) is 2.82. The Morgan fingerprint density at radius 2 is 2.23 bits per heavy atom. The van der Waals surface area contributed by atoms with E-state index in [4.69, 9.17) is 0 Å². The molecule has 0 saturated heterocycles. The SMILES string of the molecule is CC(CO)(NC(=O)NC1CCSc2c(F)cccc21)C1CC1. The second-order valence-electron chi connectivity index (χ2n) is 6.30. The molecule has 1 fully saturated rings. The molecule has 0 bridgehead atoms. The molecule has 3 rings (SSSR count). The molecule has 4 nitrogen and oxygen atoms in total. The Bertz CT molecular complexity index is 579. The van der Waals surface area contributed by atoms with E-state index < -0.39 is 5.54 Å². The van der Waals surface area contributed by atoms with Crippen molar-refractivity contribution < 1.29 is 14.3 Å². The Morgan fingerprint density at radius 1 is 1.45 bits per heavy atom. The number of amides is 2. The summed E-state index contributed by atoms with van der Waals surface area (Å²) in [6.07, 6.45) is 2.84. The van der Waals surface area contributed by atoms with Gasteiger partial charge in [-0.2, -0.15) is 0 Å². The third-order valence-corrected chi connectivity index (χ3v) is 5.70. The summed E-state index contributed by atoms with van der Waals surface area (Å²) in [4.78, 5) is 12.9. The van der Waals surface area contributed by atoms with E-state index in [1.165, 1.54) is 17.8 Å². The van der Waals surface area contributed by atoms with Crippen LogP contribution in [0.15, 0.2) is 23.1 Å². The van der Waals surface area contributed by atoms with Crippen molar-refractivity contribution in [3.05, 3.63) is 29.6 Å². The van der Waals surface area contributed by atoms with Crippen molar-refractivity contribution >= 4 is 17.8 Å². The number of nitrogens with one attached hydrogen (secondary N) is 2. The van der Waals surface area contributed by atoms with Crippen LogP contribution in [0.4, 0.5) is 9.18 Å². The van der Waals surface area contributed by atoms with Gasteiger partial charge < -0.3 is 15.7 Å². The van der Waals surface area contributed by atoms with E-state index in [1.54, 1.807) is 6.07 Å². The lowest BCUT2D eigenvalue weighted by atomic mass is 9.97. The summed E-state index contributed by atoms with van der Waals surface area (Å²) in [6.45, 7) is 1.80. The van der Waals surface area contributed by atoms with Crippen LogP contribution in [0.2, 0.25) is 0 Å². The molecular weight excluding hydrogens is 303 g/mol. The molecule has 22 heavy (non-hydrogen) atoms. The molecule has 2 amide bonds. The highest BCUT2D eigenvalue weighted by atomic mass is 32.2. The number of carbonyl (C=O) groups excluding carboxylic acids is 1. The van der Waals surface area contributed by atoms with Crippen LogP contribution in [0, 0.1) is 11.7 Å². The minimum absolute atomic E-state index is 0.0726. The first-order valence-corrected chi connectivity index (χ1v) is 8.63. The van der Waals surface area contributed by atoms with E-state index in [-0.39, 0.29) is 24.5 Å². The van der Waals surface area contributed by atoms with E-state index in [2.05, 4.69) is 10.6 Å². The molecule has 6 heteroatoms. The van der Waals surface area contributed by atoms with Gasteiger partial charge in [-0.1, -0.05) is 12.1 Å². The van der Waals surface area contributed by atoms with E-state index in [9.17, 15) is 14.3 Å². The van der Waals surface area contributed by atoms with Crippen LogP contribution in [-0.2, 0) is 0 Å². The van der Waals surface area contributed by atoms with Gasteiger partial charge in [0.1, 0.15) is 5.82 Å². The van der Waals surface area contributed by atoms with Crippen LogP contribution in [0.3, 0.4) is 0 Å². The molecule has 2 unspecified atom stereocenters. The zero-order chi connectivity index (χ0) is 15.7. The smallest absolute Gasteiger partial charge is 0.315 e. The van der Waals surface area contributed by atoms with Crippen LogP contribution >= 0.6 is 11.8 Å². The number of benzene rings is 1. The van der Waals surface area contributed by atoms with Crippen LogP contribution in [-0.4, -0.2) is 29.0 Å². The number of urea groups is 1. The Kier molecular flexibility index (Phi) is 4.32. The van der Waals surface area contributed by atoms with Crippen LogP contribution < -0.4 is 10.6 Å². The molecule has 1 aliphatic carbocycles. The molecule has 1 saturated carbocycles. The number of hydrogen-bond acceptors (Lipinski definition) is 3. The van der Waals surface area contributed by atoms with Crippen LogP contribution in [0.5, 0.6) is 0 Å². The van der Waals surface area contributed by atoms with E-state index in [0.717, 1.165) is 30.6 Å². The molecule has 1 aromatic rings. The maximum Gasteiger partial charge on any atom is 0.315 e. The van der Waals surface area contributed by atoms with Gasteiger partial charge in [-0.25, -0.2) is 9.18 Å². The number of aliphatic hydroxyl groups is 1. The van der Waals surface area contributed by atoms with Crippen molar-refractivity contribution in [2.45, 2.75) is 42.7 Å². The molecule has 0 aromatic heterocycles. The summed E-state index contributed by atoms with van der Waals surface area (Å²) in [5.74, 6) is 0.890. The van der Waals surface area contributed by atoms with Gasteiger partial charge in [0.05, 0.1) is 18.2 Å². The van der Waals surface area contributed by atoms with Gasteiger partial charge in [-0.3, -0.25) is 0 Å². The van der Waals surface area contributed by atoms with Gasteiger partial charge in [-0.15, -0.1) is 11.8 Å². The number of aliphatic hydroxyl groups excluding tert-OH is 1. The van der Waals surface area contributed by atoms with Crippen molar-refractivity contribution in [1.82, 2.24) is 10.6 Å². The molecule has 2 aliphatic rings. The highest BCUT2D eigenvalue weighted by Gasteiger charge is 2.42. The van der Waals surface area contributed by atoms with Crippen LogP contribution in [0.1, 0.15) is 37.8 Å². The van der Waals surface area contributed by atoms with Gasteiger partial charge in [0, 0.05) is 10.6 Å². The molecule has 2 atom stereocenters. The van der Waals surface area contributed by atoms with Crippen molar-refractivity contribution in [3.63, 3.8) is 0 Å². The minimum Gasteiger partial charge on any atom is -0.394 e. The van der Waals surface area contributed by atoms with Gasteiger partial charge in [0.25, 0.3) is 0 Å². The van der Waals surface area contributed by atoms with Crippen molar-refractivity contribution in [2.75, 3.05) is 12.4 Å². The Morgan fingerprint density at radius 3 is 2.91 bits per heavy atom. The number of carbonyl (C=O) groups is 1. The van der Waals surface area contributed by atoms with E-state index >= 15 is 0 Å². The quantitative estimate of drug-likeness (QED) is 0.798. The normalized spacial score (nSPS) is 23.3. The molecule has 1 aliphatic heterocycles. The Labute approximate surface area is 133 Å². The highest BCUT2D eigenvalue weighted by Crippen LogP contribution is 2.40. The van der Waals surface area contributed by atoms with Crippen LogP contribution in [0.25, 0.3) is 0 Å². The zero-order valence-electron chi connectivity index (χ0n) is 12.6. The zero-order valence-corrected chi connectivity index (χ0v) is 13.4. The monoisotopic (exact) mass is 324 g/mol. The van der Waals surface area contributed by atoms with Crippen molar-refractivity contribution in [2.24, 2.45) is 5.92 Å².